The molecule has 1 aromatic heterocycles. The maximum absolute atomic E-state index is 13.1. The number of thioether (sulfide) groups is 2. The van der Waals surface area contributed by atoms with Crippen LogP contribution in [0.3, 0.4) is 0 Å². The first-order chi connectivity index (χ1) is 13.8. The number of nitrogens with zero attached hydrogens (tertiary/aromatic N) is 2. The average Bonchev–Trinajstić information content (AvgIpc) is 3.43. The van der Waals surface area contributed by atoms with Crippen LogP contribution in [0, 0.1) is 0 Å². The minimum Gasteiger partial charge on any atom is -0.480 e. The van der Waals surface area contributed by atoms with Crippen LogP contribution >= 0.6 is 23.5 Å². The van der Waals surface area contributed by atoms with Gasteiger partial charge >= 0.3 is 11.9 Å². The van der Waals surface area contributed by atoms with E-state index in [0.29, 0.717) is 13.0 Å². The Labute approximate surface area is 177 Å². The highest BCUT2D eigenvalue weighted by Crippen LogP contribution is 2.51. The summed E-state index contributed by atoms with van der Waals surface area (Å²) in [5.74, 6) is 0.150. The highest BCUT2D eigenvalue weighted by Gasteiger charge is 2.52. The number of carbonyl (C=O) groups excluding carboxylic acids is 2. The molecule has 0 bridgehead atoms. The third kappa shape index (κ3) is 5.07. The SMILES string of the molecule is CCOC(=O)[C@@H](Cc1cnc[nH]1)N[C@@H](C)C(=O)N1CC2(C[C@H]1C(=O)O)SCCS2. The number of carboxylic acid groups (broad SMARTS) is 1. The topological polar surface area (TPSA) is 125 Å². The Balaban J connectivity index is 1.70. The van der Waals surface area contributed by atoms with E-state index in [-0.39, 0.29) is 23.0 Å². The summed E-state index contributed by atoms with van der Waals surface area (Å²) in [6.07, 6.45) is 3.85. The van der Waals surface area contributed by atoms with Gasteiger partial charge in [0.1, 0.15) is 12.1 Å². The second kappa shape index (κ2) is 9.40. The Morgan fingerprint density at radius 3 is 2.76 bits per heavy atom. The summed E-state index contributed by atoms with van der Waals surface area (Å²) in [7, 11) is 0. The standard InChI is InChI=1S/C18H26N4O5S2/c1-3-27-17(26)13(6-12-8-19-10-20-12)21-11(2)15(23)22-9-18(28-4-5-29-18)7-14(22)16(24)25/h8,10-11,13-14,21H,3-7,9H2,1-2H3,(H,19,20)(H,24,25)/t11-,13+,14-/m0/s1. The van der Waals surface area contributed by atoms with Crippen molar-refractivity contribution >= 4 is 41.4 Å². The van der Waals surface area contributed by atoms with Crippen molar-refractivity contribution in [1.82, 2.24) is 20.2 Å². The maximum atomic E-state index is 13.1. The van der Waals surface area contributed by atoms with Crippen LogP contribution in [-0.4, -0.2) is 84.7 Å². The number of likely N-dealkylation sites (tertiary alicyclic amines) is 1. The fraction of sp³-hybridized carbons (Fsp3) is 0.667. The van der Waals surface area contributed by atoms with E-state index in [1.807, 2.05) is 0 Å². The van der Waals surface area contributed by atoms with Crippen molar-refractivity contribution in [2.24, 2.45) is 0 Å². The lowest BCUT2D eigenvalue weighted by Gasteiger charge is -2.28. The molecule has 0 radical (unpaired) electrons. The summed E-state index contributed by atoms with van der Waals surface area (Å²) in [6, 6.07) is -2.33. The lowest BCUT2D eigenvalue weighted by molar-refractivity contribution is -0.150. The van der Waals surface area contributed by atoms with E-state index in [1.54, 1.807) is 43.6 Å². The number of imidazole rings is 1. The molecule has 2 fully saturated rings. The van der Waals surface area contributed by atoms with Gasteiger partial charge < -0.3 is 19.7 Å². The quantitative estimate of drug-likeness (QED) is 0.500. The van der Waals surface area contributed by atoms with Crippen molar-refractivity contribution in [1.29, 1.82) is 0 Å². The monoisotopic (exact) mass is 442 g/mol. The normalized spacial score (nSPS) is 22.6. The lowest BCUT2D eigenvalue weighted by atomic mass is 10.1. The molecule has 0 aliphatic carbocycles. The van der Waals surface area contributed by atoms with Gasteiger partial charge in [0, 0.05) is 42.8 Å². The van der Waals surface area contributed by atoms with E-state index in [0.717, 1.165) is 17.2 Å². The van der Waals surface area contributed by atoms with Gasteiger partial charge in [-0.1, -0.05) is 0 Å². The molecular weight excluding hydrogens is 416 g/mol. The Kier molecular flexibility index (Phi) is 7.12. The van der Waals surface area contributed by atoms with Crippen molar-refractivity contribution in [3.63, 3.8) is 0 Å². The van der Waals surface area contributed by atoms with Crippen LogP contribution in [-0.2, 0) is 25.5 Å². The first-order valence-electron chi connectivity index (χ1n) is 9.56. The van der Waals surface area contributed by atoms with Crippen molar-refractivity contribution in [2.75, 3.05) is 24.7 Å². The van der Waals surface area contributed by atoms with Crippen molar-refractivity contribution in [3.8, 4) is 0 Å². The van der Waals surface area contributed by atoms with Gasteiger partial charge in [-0.05, 0) is 13.8 Å². The van der Waals surface area contributed by atoms with E-state index in [4.69, 9.17) is 4.74 Å². The van der Waals surface area contributed by atoms with E-state index in [9.17, 15) is 19.5 Å². The van der Waals surface area contributed by atoms with Crippen LogP contribution in [0.1, 0.15) is 26.0 Å². The molecule has 3 rings (SSSR count). The van der Waals surface area contributed by atoms with Crippen molar-refractivity contribution in [3.05, 3.63) is 18.2 Å². The summed E-state index contributed by atoms with van der Waals surface area (Å²) in [5, 5.41) is 12.7. The number of aliphatic carboxylic acids is 1. The minimum atomic E-state index is -0.991. The molecule has 1 aromatic rings. The van der Waals surface area contributed by atoms with Gasteiger partial charge in [0.2, 0.25) is 5.91 Å². The number of ether oxygens (including phenoxy) is 1. The first kappa shape index (κ1) is 22.0. The number of H-pyrrole nitrogens is 1. The summed E-state index contributed by atoms with van der Waals surface area (Å²) in [5.41, 5.74) is 0.734. The molecule has 9 nitrogen and oxygen atoms in total. The fourth-order valence-electron chi connectivity index (χ4n) is 3.69. The molecule has 2 saturated heterocycles. The second-order valence-electron chi connectivity index (χ2n) is 7.11. The number of aromatic amines is 1. The van der Waals surface area contributed by atoms with Crippen molar-refractivity contribution < 1.29 is 24.2 Å². The van der Waals surface area contributed by atoms with E-state index in [1.165, 1.54) is 11.2 Å². The third-order valence-corrected chi connectivity index (χ3v) is 8.47. The van der Waals surface area contributed by atoms with Gasteiger partial charge in [0.15, 0.2) is 0 Å². The molecule has 1 spiro atoms. The van der Waals surface area contributed by atoms with Crippen molar-refractivity contribution in [2.45, 2.75) is 48.9 Å². The molecule has 3 atom stereocenters. The number of esters is 1. The van der Waals surface area contributed by atoms with Crippen LogP contribution in [0.15, 0.2) is 12.5 Å². The van der Waals surface area contributed by atoms with Gasteiger partial charge in [0.25, 0.3) is 0 Å². The van der Waals surface area contributed by atoms with E-state index in [2.05, 4.69) is 15.3 Å². The lowest BCUT2D eigenvalue weighted by Crippen LogP contribution is -2.54. The molecule has 0 saturated carbocycles. The maximum Gasteiger partial charge on any atom is 0.326 e. The number of hydrogen-bond donors (Lipinski definition) is 3. The minimum absolute atomic E-state index is 0.229. The highest BCUT2D eigenvalue weighted by molar-refractivity contribution is 8.21. The van der Waals surface area contributed by atoms with Crippen LogP contribution in [0.5, 0.6) is 0 Å². The summed E-state index contributed by atoms with van der Waals surface area (Å²) < 4.78 is 4.89. The zero-order chi connectivity index (χ0) is 21.0. The number of carboxylic acids is 1. The zero-order valence-corrected chi connectivity index (χ0v) is 18.1. The molecule has 29 heavy (non-hydrogen) atoms. The molecule has 2 aliphatic heterocycles. The summed E-state index contributed by atoms with van der Waals surface area (Å²) in [6.45, 7) is 4.00. The van der Waals surface area contributed by atoms with Gasteiger partial charge in [-0.2, -0.15) is 0 Å². The number of carbonyl (C=O) groups is 3. The predicted octanol–water partition coefficient (Wildman–Crippen LogP) is 0.724. The Morgan fingerprint density at radius 2 is 2.17 bits per heavy atom. The molecular formula is C18H26N4O5S2. The number of amides is 1. The van der Waals surface area contributed by atoms with Crippen LogP contribution in [0.2, 0.25) is 0 Å². The van der Waals surface area contributed by atoms with E-state index < -0.39 is 30.1 Å². The van der Waals surface area contributed by atoms with Gasteiger partial charge in [-0.15, -0.1) is 23.5 Å². The van der Waals surface area contributed by atoms with Gasteiger partial charge in [-0.25, -0.2) is 9.78 Å². The van der Waals surface area contributed by atoms with Crippen LogP contribution in [0.4, 0.5) is 0 Å². The Hall–Kier alpha value is -1.72. The van der Waals surface area contributed by atoms with Gasteiger partial charge in [-0.3, -0.25) is 14.9 Å². The molecule has 1 amide bonds. The molecule has 160 valence electrons. The van der Waals surface area contributed by atoms with E-state index >= 15 is 0 Å². The van der Waals surface area contributed by atoms with Gasteiger partial charge in [0.05, 0.1) is 23.1 Å². The molecule has 0 aromatic carbocycles. The molecule has 11 heteroatoms. The Bertz CT molecular complexity index is 739. The molecule has 3 heterocycles. The molecule has 3 N–H and O–H groups in total. The smallest absolute Gasteiger partial charge is 0.326 e. The fourth-order valence-corrected chi connectivity index (χ4v) is 6.94. The predicted molar refractivity (Wildman–Crippen MR) is 111 cm³/mol. The largest absolute Gasteiger partial charge is 0.480 e. The average molecular weight is 443 g/mol. The van der Waals surface area contributed by atoms with Crippen LogP contribution in [0.25, 0.3) is 0 Å². The molecule has 0 unspecified atom stereocenters. The number of hydrogen-bond acceptors (Lipinski definition) is 8. The third-order valence-electron chi connectivity index (χ3n) is 5.05. The second-order valence-corrected chi connectivity index (χ2v) is 10.3. The number of aromatic nitrogens is 2. The Morgan fingerprint density at radius 1 is 1.45 bits per heavy atom. The first-order valence-corrected chi connectivity index (χ1v) is 11.5. The highest BCUT2D eigenvalue weighted by atomic mass is 32.2. The van der Waals surface area contributed by atoms with Crippen LogP contribution < -0.4 is 5.32 Å². The number of rotatable bonds is 8. The molecule has 2 aliphatic rings. The zero-order valence-electron chi connectivity index (χ0n) is 16.4. The summed E-state index contributed by atoms with van der Waals surface area (Å²) >= 11 is 3.47. The number of nitrogens with one attached hydrogen (secondary N) is 2. The summed E-state index contributed by atoms with van der Waals surface area (Å²) in [4.78, 5) is 45.6.